The Bertz CT molecular complexity index is 1190. The van der Waals surface area contributed by atoms with E-state index in [4.69, 9.17) is 0 Å². The number of carbonyl (C=O) groups is 2. The number of amides is 2. The molecule has 3 rings (SSSR count). The lowest BCUT2D eigenvalue weighted by molar-refractivity contribution is -0.117. The molecule has 0 saturated heterocycles. The molecule has 0 unspecified atom stereocenters. The highest BCUT2D eigenvalue weighted by molar-refractivity contribution is 5.92. The zero-order valence-corrected chi connectivity index (χ0v) is 17.6. The van der Waals surface area contributed by atoms with Crippen molar-refractivity contribution in [2.24, 2.45) is 0 Å². The Morgan fingerprint density at radius 2 is 1.62 bits per heavy atom. The number of hydrogen-bond acceptors (Lipinski definition) is 4. The van der Waals surface area contributed by atoms with Crippen molar-refractivity contribution in [1.29, 1.82) is 0 Å². The van der Waals surface area contributed by atoms with Gasteiger partial charge in [-0.05, 0) is 30.2 Å². The molecule has 0 saturated carbocycles. The monoisotopic (exact) mass is 440 g/mol. The molecule has 3 aromatic rings. The van der Waals surface area contributed by atoms with Gasteiger partial charge in [0.25, 0.3) is 5.56 Å². The number of halogens is 2. The average molecular weight is 440 g/mol. The third kappa shape index (κ3) is 5.23. The summed E-state index contributed by atoms with van der Waals surface area (Å²) in [6.07, 6.45) is 0.993. The second-order valence-electron chi connectivity index (χ2n) is 7.00. The summed E-state index contributed by atoms with van der Waals surface area (Å²) in [6, 6.07) is 12.1. The number of carbonyl (C=O) groups excluding carboxylic acids is 2. The van der Waals surface area contributed by atoms with E-state index in [0.717, 1.165) is 28.8 Å². The summed E-state index contributed by atoms with van der Waals surface area (Å²) in [7, 11) is 0. The average Bonchev–Trinajstić information content (AvgIpc) is 2.79. The number of anilines is 2. The summed E-state index contributed by atoms with van der Waals surface area (Å²) in [5, 5.41) is 8.86. The van der Waals surface area contributed by atoms with Crippen molar-refractivity contribution in [2.45, 2.75) is 33.2 Å². The Balaban J connectivity index is 1.97. The largest absolute Gasteiger partial charge is 0.321 e. The number of aromatic nitrogens is 2. The van der Waals surface area contributed by atoms with Crippen molar-refractivity contribution in [3.05, 3.63) is 76.1 Å². The second kappa shape index (κ2) is 9.95. The van der Waals surface area contributed by atoms with Crippen LogP contribution in [0, 0.1) is 11.6 Å². The van der Waals surface area contributed by atoms with Gasteiger partial charge < -0.3 is 10.6 Å². The van der Waals surface area contributed by atoms with Crippen LogP contribution in [0.25, 0.3) is 11.3 Å². The van der Waals surface area contributed by atoms with Crippen molar-refractivity contribution < 1.29 is 18.4 Å². The van der Waals surface area contributed by atoms with Crippen LogP contribution in [0.3, 0.4) is 0 Å². The fourth-order valence-corrected chi connectivity index (χ4v) is 2.96. The van der Waals surface area contributed by atoms with E-state index in [1.807, 2.05) is 31.2 Å². The fourth-order valence-electron chi connectivity index (χ4n) is 2.96. The molecule has 166 valence electrons. The predicted molar refractivity (Wildman–Crippen MR) is 117 cm³/mol. The van der Waals surface area contributed by atoms with Gasteiger partial charge in [-0.1, -0.05) is 44.2 Å². The number of aryl methyl sites for hydroxylation is 1. The van der Waals surface area contributed by atoms with E-state index in [9.17, 15) is 23.2 Å². The first kappa shape index (κ1) is 22.8. The Labute approximate surface area is 183 Å². The van der Waals surface area contributed by atoms with Gasteiger partial charge in [0.2, 0.25) is 11.8 Å². The summed E-state index contributed by atoms with van der Waals surface area (Å²) in [4.78, 5) is 37.1. The van der Waals surface area contributed by atoms with Gasteiger partial charge in [-0.25, -0.2) is 13.5 Å². The van der Waals surface area contributed by atoms with E-state index >= 15 is 0 Å². The Hall–Kier alpha value is -3.88. The van der Waals surface area contributed by atoms with Crippen LogP contribution in [0.15, 0.2) is 53.3 Å². The molecule has 0 radical (unpaired) electrons. The molecule has 0 atom stereocenters. The molecule has 0 spiro atoms. The highest BCUT2D eigenvalue weighted by atomic mass is 19.1. The van der Waals surface area contributed by atoms with Crippen LogP contribution < -0.4 is 16.2 Å². The summed E-state index contributed by atoms with van der Waals surface area (Å²) in [5.41, 5.74) is 0.743. The molecule has 0 aliphatic heterocycles. The molecular weight excluding hydrogens is 418 g/mol. The zero-order chi connectivity index (χ0) is 23.3. The molecule has 2 amide bonds. The van der Waals surface area contributed by atoms with Gasteiger partial charge in [-0.2, -0.15) is 5.10 Å². The van der Waals surface area contributed by atoms with E-state index < -0.39 is 35.3 Å². The van der Waals surface area contributed by atoms with E-state index in [0.29, 0.717) is 11.3 Å². The fraction of sp³-hybridized carbons (Fsp3) is 0.217. The molecule has 0 fully saturated rings. The molecule has 0 bridgehead atoms. The van der Waals surface area contributed by atoms with Crippen LogP contribution in [-0.4, -0.2) is 21.6 Å². The summed E-state index contributed by atoms with van der Waals surface area (Å²) in [6.45, 7) is 3.04. The second-order valence-corrected chi connectivity index (χ2v) is 7.00. The number of nitrogens with zero attached hydrogens (tertiary/aromatic N) is 2. The Morgan fingerprint density at radius 3 is 2.22 bits per heavy atom. The minimum atomic E-state index is -0.945. The van der Waals surface area contributed by atoms with Crippen molar-refractivity contribution >= 4 is 23.2 Å². The first-order chi connectivity index (χ1) is 15.3. The molecule has 2 aromatic carbocycles. The number of benzene rings is 2. The first-order valence-electron chi connectivity index (χ1n) is 10.1. The van der Waals surface area contributed by atoms with Crippen molar-refractivity contribution in [3.63, 3.8) is 0 Å². The van der Waals surface area contributed by atoms with Gasteiger partial charge >= 0.3 is 0 Å². The van der Waals surface area contributed by atoms with Crippen LogP contribution in [0.2, 0.25) is 0 Å². The number of para-hydroxylation sites is 1. The van der Waals surface area contributed by atoms with Gasteiger partial charge in [0.1, 0.15) is 29.6 Å². The van der Waals surface area contributed by atoms with Gasteiger partial charge in [0.15, 0.2) is 0 Å². The highest BCUT2D eigenvalue weighted by Crippen LogP contribution is 2.20. The normalized spacial score (nSPS) is 10.6. The zero-order valence-electron chi connectivity index (χ0n) is 17.6. The van der Waals surface area contributed by atoms with E-state index in [1.165, 1.54) is 12.1 Å². The topological polar surface area (TPSA) is 93.1 Å². The number of rotatable bonds is 7. The predicted octanol–water partition coefficient (Wildman–Crippen LogP) is 3.74. The van der Waals surface area contributed by atoms with Crippen molar-refractivity contribution in [1.82, 2.24) is 9.78 Å². The molecule has 32 heavy (non-hydrogen) atoms. The first-order valence-corrected chi connectivity index (χ1v) is 10.1. The lowest BCUT2D eigenvalue weighted by Crippen LogP contribution is -2.32. The highest BCUT2D eigenvalue weighted by Gasteiger charge is 2.17. The molecule has 9 heteroatoms. The Kier molecular flexibility index (Phi) is 7.09. The smallest absolute Gasteiger partial charge is 0.291 e. The van der Waals surface area contributed by atoms with Crippen molar-refractivity contribution in [3.8, 4) is 11.3 Å². The van der Waals surface area contributed by atoms with Gasteiger partial charge in [0.05, 0.1) is 5.69 Å². The maximum atomic E-state index is 13.8. The minimum absolute atomic E-state index is 0.0497. The van der Waals surface area contributed by atoms with Gasteiger partial charge in [0, 0.05) is 12.0 Å². The van der Waals surface area contributed by atoms with Gasteiger partial charge in [-0.15, -0.1) is 0 Å². The molecule has 1 aromatic heterocycles. The van der Waals surface area contributed by atoms with Crippen LogP contribution in [-0.2, 0) is 22.6 Å². The van der Waals surface area contributed by atoms with Crippen LogP contribution >= 0.6 is 0 Å². The van der Waals surface area contributed by atoms with Crippen LogP contribution in [0.4, 0.5) is 20.2 Å². The molecular formula is C23H22F2N4O3. The van der Waals surface area contributed by atoms with Gasteiger partial charge in [-0.3, -0.25) is 14.4 Å². The minimum Gasteiger partial charge on any atom is -0.321 e. The number of hydrogen-bond donors (Lipinski definition) is 2. The maximum absolute atomic E-state index is 13.8. The van der Waals surface area contributed by atoms with E-state index in [-0.39, 0.29) is 18.0 Å². The van der Waals surface area contributed by atoms with Crippen LogP contribution in [0.1, 0.15) is 25.8 Å². The quantitative estimate of drug-likeness (QED) is 0.585. The lowest BCUT2D eigenvalue weighted by Gasteiger charge is -2.12. The molecule has 0 aliphatic carbocycles. The number of nitrogens with one attached hydrogen (secondary N) is 2. The summed E-state index contributed by atoms with van der Waals surface area (Å²) < 4.78 is 28.5. The summed E-state index contributed by atoms with van der Waals surface area (Å²) in [5.74, 6) is -3.13. The van der Waals surface area contributed by atoms with Crippen LogP contribution in [0.5, 0.6) is 0 Å². The van der Waals surface area contributed by atoms with E-state index in [2.05, 4.69) is 15.7 Å². The van der Waals surface area contributed by atoms with Crippen molar-refractivity contribution in [2.75, 3.05) is 10.6 Å². The molecule has 2 N–H and O–H groups in total. The molecule has 1 heterocycles. The summed E-state index contributed by atoms with van der Waals surface area (Å²) >= 11 is 0. The molecule has 0 aliphatic rings. The maximum Gasteiger partial charge on any atom is 0.291 e. The lowest BCUT2D eigenvalue weighted by atomic mass is 10.1. The Morgan fingerprint density at radius 1 is 0.969 bits per heavy atom. The SMILES string of the molecule is CCC(=O)Nc1cc(-c2ccc(CC)cc2)nn(CC(=O)Nc2c(F)cccc2F)c1=O. The third-order valence-corrected chi connectivity index (χ3v) is 4.75. The molecule has 7 nitrogen and oxygen atoms in total. The van der Waals surface area contributed by atoms with E-state index in [1.54, 1.807) is 6.92 Å². The third-order valence-electron chi connectivity index (χ3n) is 4.75. The standard InChI is InChI=1S/C23H22F2N4O3/c1-3-14-8-10-15(11-9-14)18-12-19(26-20(30)4-2)23(32)29(28-18)13-21(31)27-22-16(24)6-5-7-17(22)25/h5-12H,3-4,13H2,1-2H3,(H,26,30)(H,27,31).